The zero-order chi connectivity index (χ0) is 34.1. The number of hydrogen-bond donors (Lipinski definition) is 9. The van der Waals surface area contributed by atoms with Crippen LogP contribution >= 0.6 is 0 Å². The second kappa shape index (κ2) is 17.7. The lowest BCUT2D eigenvalue weighted by Gasteiger charge is -2.42. The van der Waals surface area contributed by atoms with E-state index in [0.717, 1.165) is 24.0 Å². The molecule has 0 aromatic rings. The zero-order valence-corrected chi connectivity index (χ0v) is 27.1. The van der Waals surface area contributed by atoms with Crippen molar-refractivity contribution in [3.63, 3.8) is 0 Å². The standard InChI is InChI=1S/C32H56O13/c1-7-32(6,45-30-28(40)26(38)24(36)21(17-34)43-30)15-9-12-18(2)10-8-11-19(3)13-14-22(31(4,5)41)44-29-27(39)25(37)23(35)20(16-33)42-29/h7,11-12,20-30,33-41H,1,8-10,13-17H2,2-6H3/b18-12+,19-11+/t20-,21-,22?,23-,24-,25+,26+,27-,28-,29+,30+,32-/m1/s1. The number of allylic oxidation sites excluding steroid dienone is 4. The molecule has 13 heteroatoms. The van der Waals surface area contributed by atoms with Crippen LogP contribution in [-0.4, -0.2) is 138 Å². The first-order valence-corrected chi connectivity index (χ1v) is 15.6. The molecule has 0 aromatic heterocycles. The molecular weight excluding hydrogens is 592 g/mol. The fourth-order valence-electron chi connectivity index (χ4n) is 5.28. The molecule has 2 aliphatic rings. The first-order chi connectivity index (χ1) is 21.0. The van der Waals surface area contributed by atoms with Gasteiger partial charge in [-0.1, -0.05) is 29.4 Å². The third kappa shape index (κ3) is 11.4. The Balaban J connectivity index is 1.86. The number of aliphatic hydroxyl groups is 9. The van der Waals surface area contributed by atoms with Gasteiger partial charge in [0.1, 0.15) is 48.8 Å². The molecule has 0 aromatic carbocycles. The molecule has 2 rings (SSSR count). The van der Waals surface area contributed by atoms with Gasteiger partial charge in [-0.2, -0.15) is 0 Å². The fourth-order valence-corrected chi connectivity index (χ4v) is 5.28. The molecule has 2 heterocycles. The molecule has 13 nitrogen and oxygen atoms in total. The predicted octanol–water partition coefficient (Wildman–Crippen LogP) is -0.0632. The van der Waals surface area contributed by atoms with Gasteiger partial charge in [0.25, 0.3) is 0 Å². The Hall–Kier alpha value is -1.30. The smallest absolute Gasteiger partial charge is 0.187 e. The fraction of sp³-hybridized carbons (Fsp3) is 0.812. The van der Waals surface area contributed by atoms with Gasteiger partial charge < -0.3 is 64.9 Å². The van der Waals surface area contributed by atoms with E-state index in [4.69, 9.17) is 18.9 Å². The Morgan fingerprint density at radius 1 is 0.756 bits per heavy atom. The summed E-state index contributed by atoms with van der Waals surface area (Å²) in [5.74, 6) is 0. The van der Waals surface area contributed by atoms with Crippen LogP contribution in [0, 0.1) is 0 Å². The summed E-state index contributed by atoms with van der Waals surface area (Å²) in [4.78, 5) is 0. The van der Waals surface area contributed by atoms with Crippen molar-refractivity contribution in [1.82, 2.24) is 0 Å². The average molecular weight is 649 g/mol. The van der Waals surface area contributed by atoms with E-state index in [2.05, 4.69) is 18.7 Å². The van der Waals surface area contributed by atoms with Gasteiger partial charge in [-0.05, 0) is 73.1 Å². The molecule has 9 N–H and O–H groups in total. The molecule has 0 amide bonds. The minimum absolute atomic E-state index is 0.393. The molecule has 0 radical (unpaired) electrons. The first kappa shape index (κ1) is 39.9. The van der Waals surface area contributed by atoms with E-state index in [-0.39, 0.29) is 0 Å². The molecule has 2 saturated heterocycles. The zero-order valence-electron chi connectivity index (χ0n) is 27.1. The summed E-state index contributed by atoms with van der Waals surface area (Å²) in [6.07, 6.45) is -5.15. The largest absolute Gasteiger partial charge is 0.394 e. The van der Waals surface area contributed by atoms with Crippen LogP contribution in [0.1, 0.15) is 73.1 Å². The third-order valence-corrected chi connectivity index (χ3v) is 8.57. The van der Waals surface area contributed by atoms with Gasteiger partial charge in [0.2, 0.25) is 0 Å². The Morgan fingerprint density at radius 2 is 1.24 bits per heavy atom. The van der Waals surface area contributed by atoms with E-state index in [9.17, 15) is 46.0 Å². The molecule has 0 aliphatic carbocycles. The maximum absolute atomic E-state index is 10.7. The summed E-state index contributed by atoms with van der Waals surface area (Å²) in [6.45, 7) is 11.6. The summed E-state index contributed by atoms with van der Waals surface area (Å²) in [5.41, 5.74) is 0.0146. The van der Waals surface area contributed by atoms with Crippen molar-refractivity contribution >= 4 is 0 Å². The van der Waals surface area contributed by atoms with Crippen LogP contribution in [0.5, 0.6) is 0 Å². The van der Waals surface area contributed by atoms with Gasteiger partial charge in [-0.15, -0.1) is 6.58 Å². The van der Waals surface area contributed by atoms with Crippen LogP contribution in [0.4, 0.5) is 0 Å². The SMILES string of the molecule is C=C[C@](C)(CC/C=C(\C)CC/C=C(\C)CCC(O[C@@H]1O[C@H](CO)[C@@H](O)[C@H](O)[C@H]1O)C(C)(C)O)O[C@@H]1O[C@H](CO)[C@@H](O)[C@H](O)[C@H]1O. The highest BCUT2D eigenvalue weighted by molar-refractivity contribution is 5.06. The number of ether oxygens (including phenoxy) is 4. The number of hydrogen-bond acceptors (Lipinski definition) is 13. The van der Waals surface area contributed by atoms with E-state index < -0.39 is 91.9 Å². The van der Waals surface area contributed by atoms with Gasteiger partial charge in [0.15, 0.2) is 12.6 Å². The number of aliphatic hydroxyl groups excluding tert-OH is 8. The quantitative estimate of drug-likeness (QED) is 0.0945. The lowest BCUT2D eigenvalue weighted by atomic mass is 9.94. The van der Waals surface area contributed by atoms with Crippen molar-refractivity contribution < 1.29 is 64.9 Å². The molecule has 0 bridgehead atoms. The molecule has 0 saturated carbocycles. The monoisotopic (exact) mass is 648 g/mol. The van der Waals surface area contributed by atoms with Crippen LogP contribution in [0.25, 0.3) is 0 Å². The highest BCUT2D eigenvalue weighted by Gasteiger charge is 2.47. The van der Waals surface area contributed by atoms with Crippen LogP contribution < -0.4 is 0 Å². The summed E-state index contributed by atoms with van der Waals surface area (Å²) in [5, 5.41) is 90.3. The summed E-state index contributed by atoms with van der Waals surface area (Å²) >= 11 is 0. The topological polar surface area (TPSA) is 219 Å². The van der Waals surface area contributed by atoms with Gasteiger partial charge in [0.05, 0.1) is 30.5 Å². The maximum atomic E-state index is 10.7. The Morgan fingerprint density at radius 3 is 1.76 bits per heavy atom. The lowest BCUT2D eigenvalue weighted by Crippen LogP contribution is -2.60. The van der Waals surface area contributed by atoms with Crippen molar-refractivity contribution in [2.45, 2.75) is 152 Å². The van der Waals surface area contributed by atoms with Crippen molar-refractivity contribution in [3.8, 4) is 0 Å². The summed E-state index contributed by atoms with van der Waals surface area (Å²) in [6, 6.07) is 0. The Bertz CT molecular complexity index is 961. The molecule has 1 unspecified atom stereocenters. The predicted molar refractivity (Wildman–Crippen MR) is 164 cm³/mol. The van der Waals surface area contributed by atoms with E-state index >= 15 is 0 Å². The molecule has 12 atom stereocenters. The second-order valence-corrected chi connectivity index (χ2v) is 13.0. The number of rotatable bonds is 17. The highest BCUT2D eigenvalue weighted by Crippen LogP contribution is 2.30. The average Bonchev–Trinajstić information content (AvgIpc) is 2.98. The highest BCUT2D eigenvalue weighted by atomic mass is 16.7. The third-order valence-electron chi connectivity index (χ3n) is 8.57. The summed E-state index contributed by atoms with van der Waals surface area (Å²) in [7, 11) is 0. The van der Waals surface area contributed by atoms with E-state index in [1.54, 1.807) is 26.8 Å². The molecule has 2 aliphatic heterocycles. The normalized spacial score (nSPS) is 35.6. The molecule has 45 heavy (non-hydrogen) atoms. The van der Waals surface area contributed by atoms with Gasteiger partial charge in [-0.25, -0.2) is 0 Å². The van der Waals surface area contributed by atoms with Crippen molar-refractivity contribution in [2.75, 3.05) is 13.2 Å². The minimum Gasteiger partial charge on any atom is -0.394 e. The van der Waals surface area contributed by atoms with Crippen molar-refractivity contribution in [3.05, 3.63) is 36.0 Å². The van der Waals surface area contributed by atoms with E-state index in [1.807, 2.05) is 13.8 Å². The second-order valence-electron chi connectivity index (χ2n) is 13.0. The Kier molecular flexibility index (Phi) is 15.7. The van der Waals surface area contributed by atoms with E-state index in [0.29, 0.717) is 25.7 Å². The van der Waals surface area contributed by atoms with Crippen LogP contribution in [0.2, 0.25) is 0 Å². The van der Waals surface area contributed by atoms with Gasteiger partial charge in [0, 0.05) is 0 Å². The minimum atomic E-state index is -1.57. The van der Waals surface area contributed by atoms with Crippen molar-refractivity contribution in [1.29, 1.82) is 0 Å². The van der Waals surface area contributed by atoms with Crippen molar-refractivity contribution in [2.24, 2.45) is 0 Å². The Labute approximate surface area is 266 Å². The maximum Gasteiger partial charge on any atom is 0.187 e. The molecule has 262 valence electrons. The van der Waals surface area contributed by atoms with Crippen LogP contribution in [-0.2, 0) is 18.9 Å². The van der Waals surface area contributed by atoms with Gasteiger partial charge >= 0.3 is 0 Å². The molecule has 0 spiro atoms. The summed E-state index contributed by atoms with van der Waals surface area (Å²) < 4.78 is 22.7. The van der Waals surface area contributed by atoms with Crippen LogP contribution in [0.3, 0.4) is 0 Å². The molecule has 2 fully saturated rings. The van der Waals surface area contributed by atoms with E-state index in [1.165, 1.54) is 0 Å². The molecular formula is C32H56O13. The lowest BCUT2D eigenvalue weighted by molar-refractivity contribution is -0.322. The van der Waals surface area contributed by atoms with Gasteiger partial charge in [-0.3, -0.25) is 0 Å². The van der Waals surface area contributed by atoms with Crippen LogP contribution in [0.15, 0.2) is 36.0 Å². The first-order valence-electron chi connectivity index (χ1n) is 15.6.